The molecule has 1 unspecified atom stereocenters. The lowest BCUT2D eigenvalue weighted by atomic mass is 9.77. The van der Waals surface area contributed by atoms with Crippen LogP contribution in [0.25, 0.3) is 0 Å². The Balaban J connectivity index is 2.14. The molecule has 100 valence electrons. The molecule has 3 heteroatoms. The van der Waals surface area contributed by atoms with Crippen molar-refractivity contribution >= 4 is 17.4 Å². The molecule has 1 aliphatic carbocycles. The number of carbonyl (C=O) groups is 1. The summed E-state index contributed by atoms with van der Waals surface area (Å²) >= 11 is 5.93. The van der Waals surface area contributed by atoms with E-state index in [0.29, 0.717) is 10.9 Å². The summed E-state index contributed by atoms with van der Waals surface area (Å²) in [7, 11) is 0. The highest BCUT2D eigenvalue weighted by atomic mass is 35.5. The topological polar surface area (TPSA) is 40.9 Å². The number of carbonyl (C=O) groups excluding carboxylic acids is 1. The minimum absolute atomic E-state index is 0.0415. The van der Waals surface area contributed by atoms with Gasteiger partial charge in [-0.2, -0.15) is 5.26 Å². The van der Waals surface area contributed by atoms with E-state index in [1.54, 1.807) is 18.2 Å². The Labute approximate surface area is 119 Å². The quantitative estimate of drug-likeness (QED) is 0.823. The Morgan fingerprint density at radius 1 is 1.37 bits per heavy atom. The Morgan fingerprint density at radius 2 is 2.05 bits per heavy atom. The van der Waals surface area contributed by atoms with Crippen molar-refractivity contribution in [2.75, 3.05) is 0 Å². The van der Waals surface area contributed by atoms with Gasteiger partial charge in [-0.1, -0.05) is 43.5 Å². The smallest absolute Gasteiger partial charge is 0.157 e. The third kappa shape index (κ3) is 3.36. The van der Waals surface area contributed by atoms with Crippen LogP contribution >= 0.6 is 11.6 Å². The lowest BCUT2D eigenvalue weighted by Crippen LogP contribution is -2.25. The minimum atomic E-state index is -0.669. The standard InChI is InChI=1S/C16H18ClNO/c1-11-5-7-12(8-6-11)16(19)15(10-18)13-3-2-4-14(17)9-13/h2-4,9,11-12,15H,5-8H2,1H3. The lowest BCUT2D eigenvalue weighted by Gasteiger charge is -2.26. The summed E-state index contributed by atoms with van der Waals surface area (Å²) in [6, 6.07) is 9.22. The van der Waals surface area contributed by atoms with E-state index in [0.717, 1.165) is 31.2 Å². The van der Waals surface area contributed by atoms with E-state index < -0.39 is 5.92 Å². The van der Waals surface area contributed by atoms with Gasteiger partial charge >= 0.3 is 0 Å². The average molecular weight is 276 g/mol. The molecule has 0 heterocycles. The molecule has 0 bridgehead atoms. The average Bonchev–Trinajstić information content (AvgIpc) is 2.40. The highest BCUT2D eigenvalue weighted by molar-refractivity contribution is 6.30. The van der Waals surface area contributed by atoms with Crippen molar-refractivity contribution in [1.29, 1.82) is 5.26 Å². The lowest BCUT2D eigenvalue weighted by molar-refractivity contribution is -0.124. The Hall–Kier alpha value is -1.33. The van der Waals surface area contributed by atoms with Crippen LogP contribution in [-0.2, 0) is 4.79 Å². The highest BCUT2D eigenvalue weighted by Gasteiger charge is 2.30. The third-order valence-corrected chi connectivity index (χ3v) is 4.25. The van der Waals surface area contributed by atoms with Crippen LogP contribution in [0.5, 0.6) is 0 Å². The summed E-state index contributed by atoms with van der Waals surface area (Å²) in [6.07, 6.45) is 4.01. The monoisotopic (exact) mass is 275 g/mol. The van der Waals surface area contributed by atoms with Crippen LogP contribution in [0.1, 0.15) is 44.1 Å². The van der Waals surface area contributed by atoms with Crippen LogP contribution in [0, 0.1) is 23.2 Å². The van der Waals surface area contributed by atoms with Gasteiger partial charge in [0.15, 0.2) is 5.78 Å². The fraction of sp³-hybridized carbons (Fsp3) is 0.500. The summed E-state index contributed by atoms with van der Waals surface area (Å²) < 4.78 is 0. The van der Waals surface area contributed by atoms with Crippen LogP contribution in [0.3, 0.4) is 0 Å². The molecule has 19 heavy (non-hydrogen) atoms. The van der Waals surface area contributed by atoms with E-state index in [-0.39, 0.29) is 11.7 Å². The van der Waals surface area contributed by atoms with Crippen LogP contribution in [0.15, 0.2) is 24.3 Å². The molecule has 2 nitrogen and oxygen atoms in total. The van der Waals surface area contributed by atoms with Crippen molar-refractivity contribution in [2.45, 2.75) is 38.5 Å². The van der Waals surface area contributed by atoms with Gasteiger partial charge in [0.25, 0.3) is 0 Å². The van der Waals surface area contributed by atoms with Gasteiger partial charge in [-0.05, 0) is 36.5 Å². The molecule has 0 N–H and O–H groups in total. The molecule has 1 saturated carbocycles. The number of nitriles is 1. The van der Waals surface area contributed by atoms with Gasteiger partial charge in [-0.3, -0.25) is 4.79 Å². The molecule has 0 radical (unpaired) electrons. The maximum Gasteiger partial charge on any atom is 0.157 e. The first kappa shape index (κ1) is 14.1. The SMILES string of the molecule is CC1CCC(C(=O)C(C#N)c2cccc(Cl)c2)CC1. The third-order valence-electron chi connectivity index (χ3n) is 4.01. The number of nitrogens with zero attached hydrogens (tertiary/aromatic N) is 1. The van der Waals surface area contributed by atoms with E-state index in [2.05, 4.69) is 13.0 Å². The fourth-order valence-corrected chi connectivity index (χ4v) is 2.97. The molecule has 0 spiro atoms. The zero-order chi connectivity index (χ0) is 13.8. The van der Waals surface area contributed by atoms with E-state index in [9.17, 15) is 10.1 Å². The largest absolute Gasteiger partial charge is 0.298 e. The molecule has 2 rings (SSSR count). The van der Waals surface area contributed by atoms with Crippen molar-refractivity contribution in [3.8, 4) is 6.07 Å². The van der Waals surface area contributed by atoms with Crippen LogP contribution in [0.4, 0.5) is 0 Å². The zero-order valence-electron chi connectivity index (χ0n) is 11.1. The predicted octanol–water partition coefficient (Wildman–Crippen LogP) is 4.34. The summed E-state index contributed by atoms with van der Waals surface area (Å²) in [4.78, 5) is 12.5. The summed E-state index contributed by atoms with van der Waals surface area (Å²) in [5.74, 6) is 0.143. The van der Waals surface area contributed by atoms with Crippen molar-refractivity contribution < 1.29 is 4.79 Å². The molecule has 0 saturated heterocycles. The molecule has 1 fully saturated rings. The number of benzene rings is 1. The molecular formula is C16H18ClNO. The predicted molar refractivity (Wildman–Crippen MR) is 75.9 cm³/mol. The van der Waals surface area contributed by atoms with Crippen molar-refractivity contribution in [2.24, 2.45) is 11.8 Å². The van der Waals surface area contributed by atoms with Crippen molar-refractivity contribution in [3.05, 3.63) is 34.9 Å². The highest BCUT2D eigenvalue weighted by Crippen LogP contribution is 2.33. The molecule has 1 aromatic rings. The summed E-state index contributed by atoms with van der Waals surface area (Å²) in [6.45, 7) is 2.22. The van der Waals surface area contributed by atoms with E-state index in [1.807, 2.05) is 6.07 Å². The van der Waals surface area contributed by atoms with E-state index >= 15 is 0 Å². The number of hydrogen-bond donors (Lipinski definition) is 0. The second kappa shape index (κ2) is 6.21. The molecular weight excluding hydrogens is 258 g/mol. The number of rotatable bonds is 3. The maximum absolute atomic E-state index is 12.5. The Bertz CT molecular complexity index is 498. The van der Waals surface area contributed by atoms with Gasteiger partial charge in [-0.15, -0.1) is 0 Å². The number of Topliss-reactive ketones (excluding diaryl/α,β-unsaturated/α-hetero) is 1. The molecule has 0 amide bonds. The van der Waals surface area contributed by atoms with E-state index in [4.69, 9.17) is 11.6 Å². The van der Waals surface area contributed by atoms with Crippen molar-refractivity contribution in [3.63, 3.8) is 0 Å². The molecule has 1 atom stereocenters. The maximum atomic E-state index is 12.5. The van der Waals surface area contributed by atoms with Gasteiger partial charge in [0, 0.05) is 10.9 Å². The van der Waals surface area contributed by atoms with Gasteiger partial charge in [-0.25, -0.2) is 0 Å². The number of hydrogen-bond acceptors (Lipinski definition) is 2. The van der Waals surface area contributed by atoms with Gasteiger partial charge < -0.3 is 0 Å². The summed E-state index contributed by atoms with van der Waals surface area (Å²) in [5.41, 5.74) is 0.721. The Kier molecular flexibility index (Phi) is 4.61. The number of halogens is 1. The first-order valence-electron chi connectivity index (χ1n) is 6.80. The molecule has 1 aromatic carbocycles. The van der Waals surface area contributed by atoms with E-state index in [1.165, 1.54) is 0 Å². The normalized spacial score (nSPS) is 24.5. The Morgan fingerprint density at radius 3 is 2.63 bits per heavy atom. The molecule has 0 aromatic heterocycles. The van der Waals surface area contributed by atoms with Crippen LogP contribution in [-0.4, -0.2) is 5.78 Å². The zero-order valence-corrected chi connectivity index (χ0v) is 11.9. The number of ketones is 1. The first-order valence-corrected chi connectivity index (χ1v) is 7.18. The van der Waals surface area contributed by atoms with Gasteiger partial charge in [0.2, 0.25) is 0 Å². The second-order valence-corrected chi connectivity index (χ2v) is 5.91. The summed E-state index contributed by atoms with van der Waals surface area (Å²) in [5, 5.41) is 9.88. The molecule has 0 aliphatic heterocycles. The van der Waals surface area contributed by atoms with Crippen LogP contribution in [0.2, 0.25) is 5.02 Å². The van der Waals surface area contributed by atoms with Crippen LogP contribution < -0.4 is 0 Å². The minimum Gasteiger partial charge on any atom is -0.298 e. The second-order valence-electron chi connectivity index (χ2n) is 5.48. The first-order chi connectivity index (χ1) is 9.11. The molecule has 1 aliphatic rings. The van der Waals surface area contributed by atoms with Crippen molar-refractivity contribution in [1.82, 2.24) is 0 Å². The van der Waals surface area contributed by atoms with Gasteiger partial charge in [0.1, 0.15) is 5.92 Å². The fourth-order valence-electron chi connectivity index (χ4n) is 2.77. The van der Waals surface area contributed by atoms with Gasteiger partial charge in [0.05, 0.1) is 6.07 Å².